The van der Waals surface area contributed by atoms with Crippen LogP contribution < -0.4 is 0 Å². The molecule has 0 N–H and O–H groups in total. The van der Waals surface area contributed by atoms with Crippen molar-refractivity contribution < 1.29 is 4.74 Å². The molecule has 2 atom stereocenters. The zero-order valence-electron chi connectivity index (χ0n) is 8.98. The Morgan fingerprint density at radius 1 is 1.36 bits per heavy atom. The van der Waals surface area contributed by atoms with Crippen molar-refractivity contribution in [2.45, 2.75) is 37.8 Å². The van der Waals surface area contributed by atoms with Crippen molar-refractivity contribution in [1.29, 1.82) is 0 Å². The monoisotopic (exact) mass is 196 g/mol. The number of aliphatic imine (C=N–C) groups is 1. The molecule has 0 bridgehead atoms. The van der Waals surface area contributed by atoms with Gasteiger partial charge in [0.05, 0.1) is 12.6 Å². The van der Waals surface area contributed by atoms with Gasteiger partial charge in [-0.25, -0.2) is 0 Å². The minimum absolute atomic E-state index is 0.454. The van der Waals surface area contributed by atoms with Crippen molar-refractivity contribution in [3.63, 3.8) is 0 Å². The molecule has 0 aromatic heterocycles. The highest BCUT2D eigenvalue weighted by Gasteiger charge is 2.29. The van der Waals surface area contributed by atoms with Gasteiger partial charge in [0.2, 0.25) is 0 Å². The van der Waals surface area contributed by atoms with Crippen molar-refractivity contribution in [3.05, 3.63) is 0 Å². The number of nitrogens with zero attached hydrogens (tertiary/aromatic N) is 2. The first kappa shape index (κ1) is 10.1. The predicted molar refractivity (Wildman–Crippen MR) is 58.0 cm³/mol. The van der Waals surface area contributed by atoms with Gasteiger partial charge in [-0.05, 0) is 12.8 Å². The Morgan fingerprint density at radius 2 is 2.21 bits per heavy atom. The molecule has 0 aromatic carbocycles. The summed E-state index contributed by atoms with van der Waals surface area (Å²) in [4.78, 5) is 6.79. The van der Waals surface area contributed by atoms with Crippen LogP contribution in [0.25, 0.3) is 0 Å². The van der Waals surface area contributed by atoms with Gasteiger partial charge in [-0.15, -0.1) is 0 Å². The molecule has 3 heteroatoms. The summed E-state index contributed by atoms with van der Waals surface area (Å²) in [6.45, 7) is 3.10. The third kappa shape index (κ3) is 2.15. The Morgan fingerprint density at radius 3 is 2.93 bits per heavy atom. The summed E-state index contributed by atoms with van der Waals surface area (Å²) in [6.07, 6.45) is 7.72. The molecule has 3 nitrogen and oxygen atoms in total. The number of methoxy groups -OCH3 is 1. The maximum Gasteiger partial charge on any atom is 0.0726 e. The van der Waals surface area contributed by atoms with Crippen LogP contribution in [-0.2, 0) is 4.74 Å². The zero-order valence-corrected chi connectivity index (χ0v) is 8.98. The van der Waals surface area contributed by atoms with Crippen molar-refractivity contribution in [3.8, 4) is 0 Å². The van der Waals surface area contributed by atoms with Crippen LogP contribution in [0.5, 0.6) is 0 Å². The van der Waals surface area contributed by atoms with E-state index in [2.05, 4.69) is 9.89 Å². The van der Waals surface area contributed by atoms with Crippen LogP contribution in [0, 0.1) is 0 Å². The maximum atomic E-state index is 5.57. The van der Waals surface area contributed by atoms with Gasteiger partial charge >= 0.3 is 0 Å². The number of rotatable bonds is 2. The van der Waals surface area contributed by atoms with E-state index in [-0.39, 0.29) is 0 Å². The van der Waals surface area contributed by atoms with Crippen LogP contribution in [-0.4, -0.2) is 50.0 Å². The van der Waals surface area contributed by atoms with E-state index in [4.69, 9.17) is 4.74 Å². The van der Waals surface area contributed by atoms with E-state index in [9.17, 15) is 0 Å². The fourth-order valence-corrected chi connectivity index (χ4v) is 2.60. The summed E-state index contributed by atoms with van der Waals surface area (Å²) in [5.41, 5.74) is 0. The Kier molecular flexibility index (Phi) is 3.54. The minimum atomic E-state index is 0.454. The fourth-order valence-electron chi connectivity index (χ4n) is 2.60. The van der Waals surface area contributed by atoms with Crippen molar-refractivity contribution in [2.75, 3.05) is 26.7 Å². The highest BCUT2D eigenvalue weighted by atomic mass is 16.5. The van der Waals surface area contributed by atoms with Gasteiger partial charge < -0.3 is 4.74 Å². The SMILES string of the molecule is CO[C@@H]1CCCC[C@H]1N1CC=NCC1. The lowest BCUT2D eigenvalue weighted by atomic mass is 9.91. The van der Waals surface area contributed by atoms with E-state index in [1.54, 1.807) is 0 Å². The molecule has 2 aliphatic rings. The van der Waals surface area contributed by atoms with E-state index in [0.717, 1.165) is 19.6 Å². The highest BCUT2D eigenvalue weighted by molar-refractivity contribution is 5.60. The largest absolute Gasteiger partial charge is 0.380 e. The summed E-state index contributed by atoms with van der Waals surface area (Å²) in [5, 5.41) is 0. The van der Waals surface area contributed by atoms with Gasteiger partial charge in [-0.3, -0.25) is 9.89 Å². The van der Waals surface area contributed by atoms with Crippen LogP contribution in [0.15, 0.2) is 4.99 Å². The molecule has 1 heterocycles. The standard InChI is InChI=1S/C11H20N2O/c1-14-11-5-3-2-4-10(11)13-8-6-12-7-9-13/h6,10-11H,2-5,7-9H2,1H3/t10-,11-/m1/s1. The van der Waals surface area contributed by atoms with Crippen LogP contribution in [0.4, 0.5) is 0 Å². The van der Waals surface area contributed by atoms with Crippen LogP contribution in [0.2, 0.25) is 0 Å². The topological polar surface area (TPSA) is 24.8 Å². The summed E-state index contributed by atoms with van der Waals surface area (Å²) in [6, 6.07) is 0.639. The Labute approximate surface area is 86.1 Å². The first-order valence-electron chi connectivity index (χ1n) is 5.67. The lowest BCUT2D eigenvalue weighted by Gasteiger charge is -2.39. The molecule has 0 spiro atoms. The lowest BCUT2D eigenvalue weighted by molar-refractivity contribution is -0.00536. The Hall–Kier alpha value is -0.410. The van der Waals surface area contributed by atoms with Crippen LogP contribution in [0.3, 0.4) is 0 Å². The van der Waals surface area contributed by atoms with Gasteiger partial charge in [-0.1, -0.05) is 12.8 Å². The molecule has 0 unspecified atom stereocenters. The molecule has 80 valence electrons. The molecule has 0 radical (unpaired) electrons. The lowest BCUT2D eigenvalue weighted by Crippen LogP contribution is -2.49. The fraction of sp³-hybridized carbons (Fsp3) is 0.909. The number of hydrogen-bond donors (Lipinski definition) is 0. The normalized spacial score (nSPS) is 34.6. The summed E-state index contributed by atoms with van der Waals surface area (Å²) >= 11 is 0. The maximum absolute atomic E-state index is 5.57. The average Bonchev–Trinajstić information content (AvgIpc) is 2.30. The molecule has 0 amide bonds. The van der Waals surface area contributed by atoms with E-state index in [0.29, 0.717) is 12.1 Å². The first-order chi connectivity index (χ1) is 6.92. The number of hydrogen-bond acceptors (Lipinski definition) is 3. The summed E-state index contributed by atoms with van der Waals surface area (Å²) < 4.78 is 5.57. The van der Waals surface area contributed by atoms with Crippen molar-refractivity contribution in [2.24, 2.45) is 4.99 Å². The predicted octanol–water partition coefficient (Wildman–Crippen LogP) is 1.33. The molecular formula is C11H20N2O. The van der Waals surface area contributed by atoms with Crippen molar-refractivity contribution >= 4 is 6.21 Å². The third-order valence-electron chi connectivity index (χ3n) is 3.40. The molecule has 0 saturated heterocycles. The molecule has 1 aliphatic carbocycles. The van der Waals surface area contributed by atoms with Crippen LogP contribution in [0.1, 0.15) is 25.7 Å². The van der Waals surface area contributed by atoms with Crippen LogP contribution >= 0.6 is 0 Å². The second-order valence-corrected chi connectivity index (χ2v) is 4.21. The van der Waals surface area contributed by atoms with Gasteiger partial charge in [0.15, 0.2) is 0 Å². The summed E-state index contributed by atoms with van der Waals surface area (Å²) in [5.74, 6) is 0. The van der Waals surface area contributed by atoms with Gasteiger partial charge in [0.25, 0.3) is 0 Å². The zero-order chi connectivity index (χ0) is 9.80. The van der Waals surface area contributed by atoms with E-state index >= 15 is 0 Å². The van der Waals surface area contributed by atoms with Crippen molar-refractivity contribution in [1.82, 2.24) is 4.90 Å². The minimum Gasteiger partial charge on any atom is -0.380 e. The second-order valence-electron chi connectivity index (χ2n) is 4.21. The molecule has 2 rings (SSSR count). The Bertz CT molecular complexity index is 205. The second kappa shape index (κ2) is 4.89. The van der Waals surface area contributed by atoms with Gasteiger partial charge in [0, 0.05) is 32.5 Å². The third-order valence-corrected chi connectivity index (χ3v) is 3.40. The highest BCUT2D eigenvalue weighted by Crippen LogP contribution is 2.25. The van der Waals surface area contributed by atoms with E-state index < -0.39 is 0 Å². The smallest absolute Gasteiger partial charge is 0.0726 e. The average molecular weight is 196 g/mol. The molecule has 1 aliphatic heterocycles. The molecule has 14 heavy (non-hydrogen) atoms. The first-order valence-corrected chi connectivity index (χ1v) is 5.67. The van der Waals surface area contributed by atoms with Gasteiger partial charge in [0.1, 0.15) is 0 Å². The number of ether oxygens (including phenoxy) is 1. The molecule has 0 aromatic rings. The quantitative estimate of drug-likeness (QED) is 0.665. The van der Waals surface area contributed by atoms with E-state index in [1.165, 1.54) is 25.7 Å². The van der Waals surface area contributed by atoms with E-state index in [1.807, 2.05) is 13.3 Å². The Balaban J connectivity index is 1.95. The molecular weight excluding hydrogens is 176 g/mol. The van der Waals surface area contributed by atoms with Gasteiger partial charge in [-0.2, -0.15) is 0 Å². The molecule has 1 saturated carbocycles. The summed E-state index contributed by atoms with van der Waals surface area (Å²) in [7, 11) is 1.85. The molecule has 1 fully saturated rings.